The zero-order chi connectivity index (χ0) is 8.10. The Morgan fingerprint density at radius 3 is 3.18 bits per heavy atom. The third kappa shape index (κ3) is 2.60. The summed E-state index contributed by atoms with van der Waals surface area (Å²) < 4.78 is 0. The lowest BCUT2D eigenvalue weighted by Gasteiger charge is -2.19. The molecule has 1 rings (SSSR count). The molecule has 0 radical (unpaired) electrons. The molecule has 0 saturated carbocycles. The van der Waals surface area contributed by atoms with Crippen molar-refractivity contribution in [3.8, 4) is 0 Å². The summed E-state index contributed by atoms with van der Waals surface area (Å²) in [7, 11) is 0. The number of hydrogen-bond acceptors (Lipinski definition) is 2. The Bertz CT molecular complexity index is 147. The van der Waals surface area contributed by atoms with E-state index in [0.29, 0.717) is 5.88 Å². The van der Waals surface area contributed by atoms with Crippen LogP contribution < -0.4 is 0 Å². The van der Waals surface area contributed by atoms with Gasteiger partial charge in [0.1, 0.15) is 0 Å². The van der Waals surface area contributed by atoms with Crippen molar-refractivity contribution in [2.75, 3.05) is 18.3 Å². The normalized spacial score (nSPS) is 17.3. The fourth-order valence-electron chi connectivity index (χ4n) is 1.05. The number of unbranched alkanes of at least 4 members (excludes halogenated alkanes) is 1. The molecule has 0 N–H and O–H groups in total. The van der Waals surface area contributed by atoms with Crippen molar-refractivity contribution in [1.29, 1.82) is 0 Å². The Morgan fingerprint density at radius 1 is 1.73 bits per heavy atom. The van der Waals surface area contributed by atoms with Gasteiger partial charge in [0.05, 0.1) is 11.8 Å². The van der Waals surface area contributed by atoms with E-state index >= 15 is 0 Å². The van der Waals surface area contributed by atoms with Crippen molar-refractivity contribution < 1.29 is 0 Å². The molecule has 1 aliphatic rings. The van der Waals surface area contributed by atoms with Crippen LogP contribution in [0.5, 0.6) is 0 Å². The van der Waals surface area contributed by atoms with E-state index in [-0.39, 0.29) is 0 Å². The summed E-state index contributed by atoms with van der Waals surface area (Å²) in [5.74, 6) is 1.76. The first kappa shape index (κ1) is 9.27. The van der Waals surface area contributed by atoms with Crippen molar-refractivity contribution >= 4 is 23.4 Å². The summed E-state index contributed by atoms with van der Waals surface area (Å²) >= 11 is 7.60. The average molecular weight is 192 g/mol. The van der Waals surface area contributed by atoms with Crippen LogP contribution in [-0.4, -0.2) is 23.2 Å². The monoisotopic (exact) mass is 191 g/mol. The molecule has 1 nitrogen and oxygen atoms in total. The van der Waals surface area contributed by atoms with Gasteiger partial charge in [-0.1, -0.05) is 13.3 Å². The molecule has 0 unspecified atom stereocenters. The SMILES string of the molecule is CCCCN1CSC=C1CCl. The predicted octanol–water partition coefficient (Wildman–Crippen LogP) is 2.87. The molecule has 3 heteroatoms. The molecule has 0 aromatic carbocycles. The van der Waals surface area contributed by atoms with Crippen molar-refractivity contribution in [2.24, 2.45) is 0 Å². The Balaban J connectivity index is 2.28. The first-order valence-electron chi connectivity index (χ1n) is 4.00. The van der Waals surface area contributed by atoms with Crippen molar-refractivity contribution in [3.63, 3.8) is 0 Å². The fraction of sp³-hybridized carbons (Fsp3) is 0.750. The van der Waals surface area contributed by atoms with Crippen LogP contribution >= 0.6 is 23.4 Å². The standard InChI is InChI=1S/C8H14ClNS/c1-2-3-4-10-7-11-6-8(10)5-9/h6H,2-5,7H2,1H3. The molecule has 0 aliphatic carbocycles. The van der Waals surface area contributed by atoms with Gasteiger partial charge >= 0.3 is 0 Å². The zero-order valence-corrected chi connectivity index (χ0v) is 8.42. The molecule has 1 aliphatic heterocycles. The lowest BCUT2D eigenvalue weighted by atomic mass is 10.3. The van der Waals surface area contributed by atoms with Crippen LogP contribution in [0.25, 0.3) is 0 Å². The van der Waals surface area contributed by atoms with E-state index in [2.05, 4.69) is 17.2 Å². The van der Waals surface area contributed by atoms with E-state index in [1.807, 2.05) is 11.8 Å². The fourth-order valence-corrected chi connectivity index (χ4v) is 2.37. The van der Waals surface area contributed by atoms with E-state index in [9.17, 15) is 0 Å². The highest BCUT2D eigenvalue weighted by Crippen LogP contribution is 2.23. The zero-order valence-electron chi connectivity index (χ0n) is 6.85. The lowest BCUT2D eigenvalue weighted by molar-refractivity contribution is 0.401. The van der Waals surface area contributed by atoms with Gasteiger partial charge in [-0.25, -0.2) is 0 Å². The summed E-state index contributed by atoms with van der Waals surface area (Å²) in [6.45, 7) is 3.38. The molecule has 1 heterocycles. The largest absolute Gasteiger partial charge is 0.364 e. The summed E-state index contributed by atoms with van der Waals surface area (Å²) in [5, 5.41) is 2.17. The highest BCUT2D eigenvalue weighted by molar-refractivity contribution is 8.02. The summed E-state index contributed by atoms with van der Waals surface area (Å²) in [4.78, 5) is 2.36. The number of halogens is 1. The average Bonchev–Trinajstić information content (AvgIpc) is 2.47. The van der Waals surface area contributed by atoms with Crippen molar-refractivity contribution in [3.05, 3.63) is 11.1 Å². The van der Waals surface area contributed by atoms with Crippen LogP contribution in [0.1, 0.15) is 19.8 Å². The van der Waals surface area contributed by atoms with Gasteiger partial charge in [0.2, 0.25) is 0 Å². The second-order valence-electron chi connectivity index (χ2n) is 2.66. The second kappa shape index (κ2) is 4.94. The molecule has 0 bridgehead atoms. The molecule has 0 saturated heterocycles. The van der Waals surface area contributed by atoms with Crippen LogP contribution in [-0.2, 0) is 0 Å². The van der Waals surface area contributed by atoms with E-state index in [1.165, 1.54) is 25.1 Å². The van der Waals surface area contributed by atoms with Gasteiger partial charge in [0.25, 0.3) is 0 Å². The van der Waals surface area contributed by atoms with Gasteiger partial charge in [-0.2, -0.15) is 0 Å². The third-order valence-corrected chi connectivity index (χ3v) is 2.95. The van der Waals surface area contributed by atoms with Gasteiger partial charge in [-0.05, 0) is 11.8 Å². The van der Waals surface area contributed by atoms with Gasteiger partial charge in [0.15, 0.2) is 0 Å². The number of alkyl halides is 1. The Morgan fingerprint density at radius 2 is 2.55 bits per heavy atom. The van der Waals surface area contributed by atoms with Crippen molar-refractivity contribution in [1.82, 2.24) is 4.90 Å². The minimum Gasteiger partial charge on any atom is -0.364 e. The number of rotatable bonds is 4. The molecule has 0 aromatic heterocycles. The van der Waals surface area contributed by atoms with E-state index < -0.39 is 0 Å². The summed E-state index contributed by atoms with van der Waals surface area (Å²) in [6.07, 6.45) is 2.53. The maximum absolute atomic E-state index is 5.76. The van der Waals surface area contributed by atoms with E-state index in [4.69, 9.17) is 11.6 Å². The second-order valence-corrected chi connectivity index (χ2v) is 3.75. The Kier molecular flexibility index (Phi) is 4.16. The minimum atomic E-state index is 0.663. The smallest absolute Gasteiger partial charge is 0.0678 e. The van der Waals surface area contributed by atoms with Crippen molar-refractivity contribution in [2.45, 2.75) is 19.8 Å². The topological polar surface area (TPSA) is 3.24 Å². The van der Waals surface area contributed by atoms with Crippen LogP contribution in [0.2, 0.25) is 0 Å². The molecule has 0 aromatic rings. The highest BCUT2D eigenvalue weighted by atomic mass is 35.5. The number of allylic oxidation sites excluding steroid dienone is 1. The van der Waals surface area contributed by atoms with Crippen LogP contribution in [0.3, 0.4) is 0 Å². The molecule has 0 spiro atoms. The number of hydrogen-bond donors (Lipinski definition) is 0. The Hall–Kier alpha value is 0.180. The highest BCUT2D eigenvalue weighted by Gasteiger charge is 2.12. The predicted molar refractivity (Wildman–Crippen MR) is 52.9 cm³/mol. The molecular weight excluding hydrogens is 178 g/mol. The van der Waals surface area contributed by atoms with Gasteiger partial charge in [-0.15, -0.1) is 23.4 Å². The van der Waals surface area contributed by atoms with Gasteiger partial charge < -0.3 is 4.90 Å². The number of thioether (sulfide) groups is 1. The number of nitrogens with zero attached hydrogens (tertiary/aromatic N) is 1. The van der Waals surface area contributed by atoms with E-state index in [0.717, 1.165) is 5.88 Å². The first-order chi connectivity index (χ1) is 5.38. The quantitative estimate of drug-likeness (QED) is 0.629. The summed E-state index contributed by atoms with van der Waals surface area (Å²) in [5.41, 5.74) is 1.30. The molecule has 0 fully saturated rings. The van der Waals surface area contributed by atoms with Gasteiger partial charge in [-0.3, -0.25) is 0 Å². The molecule has 64 valence electrons. The minimum absolute atomic E-state index is 0.663. The van der Waals surface area contributed by atoms with Crippen LogP contribution in [0.4, 0.5) is 0 Å². The summed E-state index contributed by atoms with van der Waals surface area (Å²) in [6, 6.07) is 0. The maximum atomic E-state index is 5.76. The third-order valence-electron chi connectivity index (χ3n) is 1.77. The van der Waals surface area contributed by atoms with E-state index in [1.54, 1.807) is 0 Å². The van der Waals surface area contributed by atoms with Crippen LogP contribution in [0.15, 0.2) is 11.1 Å². The lowest BCUT2D eigenvalue weighted by Crippen LogP contribution is -2.20. The molecular formula is C8H14ClNS. The maximum Gasteiger partial charge on any atom is 0.0678 e. The molecule has 0 amide bonds. The van der Waals surface area contributed by atoms with Crippen LogP contribution in [0, 0.1) is 0 Å². The molecule has 0 atom stereocenters. The first-order valence-corrected chi connectivity index (χ1v) is 5.58. The van der Waals surface area contributed by atoms with Gasteiger partial charge in [0, 0.05) is 12.2 Å². The Labute approximate surface area is 77.8 Å². The molecule has 11 heavy (non-hydrogen) atoms.